The second-order valence-corrected chi connectivity index (χ2v) is 6.26. The Morgan fingerprint density at radius 3 is 2.87 bits per heavy atom. The Hall–Kier alpha value is -2.29. The van der Waals surface area contributed by atoms with Gasteiger partial charge in [0, 0.05) is 31.9 Å². The normalized spacial score (nSPS) is 11.6. The van der Waals surface area contributed by atoms with E-state index in [-0.39, 0.29) is 18.3 Å². The van der Waals surface area contributed by atoms with Gasteiger partial charge >= 0.3 is 6.55 Å². The first kappa shape index (κ1) is 15.6. The molecule has 0 aliphatic heterocycles. The van der Waals surface area contributed by atoms with Gasteiger partial charge in [-0.2, -0.15) is 13.9 Å². The molecule has 9 heteroatoms. The molecule has 0 fully saturated rings. The van der Waals surface area contributed by atoms with E-state index in [0.717, 1.165) is 20.5 Å². The lowest BCUT2D eigenvalue weighted by molar-refractivity contribution is 0.0613. The fourth-order valence-corrected chi connectivity index (χ4v) is 3.54. The molecular weight excluding hydrogens is 324 g/mol. The molecule has 0 bridgehead atoms. The molecule has 3 aromatic rings. The van der Waals surface area contributed by atoms with Crippen LogP contribution in [0.4, 0.5) is 8.78 Å². The van der Waals surface area contributed by atoms with Gasteiger partial charge < -0.3 is 4.90 Å². The highest BCUT2D eigenvalue weighted by molar-refractivity contribution is 7.20. The number of halogens is 2. The summed E-state index contributed by atoms with van der Waals surface area (Å²) < 4.78 is 28.2. The van der Waals surface area contributed by atoms with Crippen molar-refractivity contribution in [1.82, 2.24) is 24.2 Å². The molecule has 1 amide bonds. The number of thiophene rings is 1. The standard InChI is InChI=1S/C14H15F2N5OS/c1-8-9-6-10(23-13(9)20(3)18-8)12(22)19(2)7-11-17-4-5-21(11)14(15)16/h4-6,14H,7H2,1-3H3. The predicted octanol–water partition coefficient (Wildman–Crippen LogP) is 2.81. The SMILES string of the molecule is Cc1nn(C)c2sc(C(=O)N(C)Cc3nccn3C(F)F)cc12. The zero-order chi connectivity index (χ0) is 16.7. The summed E-state index contributed by atoms with van der Waals surface area (Å²) in [6, 6.07) is 1.79. The molecule has 0 radical (unpaired) electrons. The van der Waals surface area contributed by atoms with Gasteiger partial charge in [-0.1, -0.05) is 0 Å². The molecule has 0 spiro atoms. The highest BCUT2D eigenvalue weighted by Gasteiger charge is 2.20. The maximum Gasteiger partial charge on any atom is 0.319 e. The van der Waals surface area contributed by atoms with Crippen molar-refractivity contribution in [2.75, 3.05) is 7.05 Å². The van der Waals surface area contributed by atoms with Crippen LogP contribution in [0.5, 0.6) is 0 Å². The molecule has 0 N–H and O–H groups in total. The first-order valence-electron chi connectivity index (χ1n) is 6.87. The third-order valence-electron chi connectivity index (χ3n) is 3.59. The summed E-state index contributed by atoms with van der Waals surface area (Å²) in [5.74, 6) is -0.0794. The van der Waals surface area contributed by atoms with Gasteiger partial charge in [0.25, 0.3) is 5.91 Å². The van der Waals surface area contributed by atoms with E-state index in [1.165, 1.54) is 28.6 Å². The van der Waals surface area contributed by atoms with Crippen LogP contribution in [0.15, 0.2) is 18.5 Å². The van der Waals surface area contributed by atoms with Gasteiger partial charge in [-0.3, -0.25) is 14.0 Å². The number of nitrogens with zero attached hydrogens (tertiary/aromatic N) is 5. The zero-order valence-electron chi connectivity index (χ0n) is 12.8. The number of amides is 1. The Labute approximate surface area is 134 Å². The van der Waals surface area contributed by atoms with Crippen LogP contribution in [0.3, 0.4) is 0 Å². The third kappa shape index (κ3) is 2.72. The topological polar surface area (TPSA) is 56.0 Å². The monoisotopic (exact) mass is 339 g/mol. The van der Waals surface area contributed by atoms with Crippen LogP contribution in [0, 0.1) is 6.92 Å². The largest absolute Gasteiger partial charge is 0.334 e. The van der Waals surface area contributed by atoms with Crippen LogP contribution in [0.2, 0.25) is 0 Å². The molecule has 122 valence electrons. The second kappa shape index (κ2) is 5.73. The lowest BCUT2D eigenvalue weighted by Gasteiger charge is -2.16. The molecular formula is C14H15F2N5OS. The van der Waals surface area contributed by atoms with Crippen LogP contribution in [0.25, 0.3) is 10.2 Å². The van der Waals surface area contributed by atoms with Crippen molar-refractivity contribution in [3.63, 3.8) is 0 Å². The van der Waals surface area contributed by atoms with Crippen molar-refractivity contribution in [3.8, 4) is 0 Å². The molecule has 0 aliphatic carbocycles. The van der Waals surface area contributed by atoms with Crippen LogP contribution in [-0.2, 0) is 13.6 Å². The lowest BCUT2D eigenvalue weighted by Crippen LogP contribution is -2.27. The predicted molar refractivity (Wildman–Crippen MR) is 82.6 cm³/mol. The summed E-state index contributed by atoms with van der Waals surface area (Å²) in [5, 5.41) is 5.23. The minimum atomic E-state index is -2.67. The molecule has 3 rings (SSSR count). The van der Waals surface area contributed by atoms with E-state index in [0.29, 0.717) is 4.88 Å². The van der Waals surface area contributed by atoms with Crippen LogP contribution in [0.1, 0.15) is 27.7 Å². The Morgan fingerprint density at radius 2 is 2.22 bits per heavy atom. The first-order chi connectivity index (χ1) is 10.9. The molecule has 6 nitrogen and oxygen atoms in total. The summed E-state index contributed by atoms with van der Waals surface area (Å²) in [5.41, 5.74) is 0.855. The lowest BCUT2D eigenvalue weighted by atomic mass is 10.3. The maximum atomic E-state index is 12.8. The van der Waals surface area contributed by atoms with Gasteiger partial charge in [0.05, 0.1) is 17.1 Å². The van der Waals surface area contributed by atoms with Gasteiger partial charge in [0.1, 0.15) is 10.7 Å². The summed E-state index contributed by atoms with van der Waals surface area (Å²) in [7, 11) is 3.39. The number of rotatable bonds is 4. The molecule has 0 aliphatic rings. The van der Waals surface area contributed by atoms with Crippen LogP contribution < -0.4 is 0 Å². The number of carbonyl (C=O) groups is 1. The molecule has 0 saturated heterocycles. The Kier molecular flexibility index (Phi) is 3.88. The van der Waals surface area contributed by atoms with Crippen molar-refractivity contribution in [1.29, 1.82) is 0 Å². The first-order valence-corrected chi connectivity index (χ1v) is 7.68. The second-order valence-electron chi connectivity index (χ2n) is 5.23. The molecule has 0 saturated carbocycles. The van der Waals surface area contributed by atoms with E-state index >= 15 is 0 Å². The summed E-state index contributed by atoms with van der Waals surface area (Å²) in [6.07, 6.45) is 2.50. The Morgan fingerprint density at radius 1 is 1.48 bits per heavy atom. The van der Waals surface area contributed by atoms with Gasteiger partial charge in [0.2, 0.25) is 0 Å². The van der Waals surface area contributed by atoms with E-state index in [9.17, 15) is 13.6 Å². The molecule has 0 unspecified atom stereocenters. The van der Waals surface area contributed by atoms with Crippen molar-refractivity contribution >= 4 is 27.5 Å². The number of alkyl halides is 2. The van der Waals surface area contributed by atoms with Gasteiger partial charge in [0.15, 0.2) is 0 Å². The van der Waals surface area contributed by atoms with Crippen LogP contribution >= 0.6 is 11.3 Å². The van der Waals surface area contributed by atoms with E-state index in [1.807, 2.05) is 14.0 Å². The highest BCUT2D eigenvalue weighted by atomic mass is 32.1. The number of carbonyl (C=O) groups excluding carboxylic acids is 1. The van der Waals surface area contributed by atoms with Crippen molar-refractivity contribution in [2.24, 2.45) is 7.05 Å². The number of imidazole rings is 1. The molecule has 0 aromatic carbocycles. The molecule has 23 heavy (non-hydrogen) atoms. The Bertz CT molecular complexity index is 831. The highest BCUT2D eigenvalue weighted by Crippen LogP contribution is 2.28. The van der Waals surface area contributed by atoms with Crippen molar-refractivity contribution in [2.45, 2.75) is 20.0 Å². The molecule has 3 heterocycles. The minimum Gasteiger partial charge on any atom is -0.334 e. The quantitative estimate of drug-likeness (QED) is 0.734. The van der Waals surface area contributed by atoms with Gasteiger partial charge in [-0.15, -0.1) is 11.3 Å². The molecule has 0 atom stereocenters. The van der Waals surface area contributed by atoms with Crippen molar-refractivity contribution < 1.29 is 13.6 Å². The third-order valence-corrected chi connectivity index (χ3v) is 4.78. The number of fused-ring (bicyclic) bond motifs is 1. The number of hydrogen-bond donors (Lipinski definition) is 0. The maximum absolute atomic E-state index is 12.8. The minimum absolute atomic E-state index is 0.0155. The van der Waals surface area contributed by atoms with Crippen LogP contribution in [-0.4, -0.2) is 37.2 Å². The zero-order valence-corrected chi connectivity index (χ0v) is 13.6. The number of aryl methyl sites for hydroxylation is 2. The van der Waals surface area contributed by atoms with Crippen molar-refractivity contribution in [3.05, 3.63) is 34.9 Å². The number of aromatic nitrogens is 4. The summed E-state index contributed by atoms with van der Waals surface area (Å²) >= 11 is 1.34. The summed E-state index contributed by atoms with van der Waals surface area (Å²) in [6.45, 7) is -0.775. The van der Waals surface area contributed by atoms with E-state index in [4.69, 9.17) is 0 Å². The average molecular weight is 339 g/mol. The van der Waals surface area contributed by atoms with E-state index in [2.05, 4.69) is 10.1 Å². The smallest absolute Gasteiger partial charge is 0.319 e. The van der Waals surface area contributed by atoms with E-state index in [1.54, 1.807) is 17.8 Å². The average Bonchev–Trinajstić information content (AvgIpc) is 3.17. The summed E-state index contributed by atoms with van der Waals surface area (Å²) in [4.78, 5) is 19.3. The Balaban J connectivity index is 1.83. The van der Waals surface area contributed by atoms with E-state index < -0.39 is 6.55 Å². The number of hydrogen-bond acceptors (Lipinski definition) is 4. The fourth-order valence-electron chi connectivity index (χ4n) is 2.43. The molecule has 3 aromatic heterocycles. The van der Waals surface area contributed by atoms with Gasteiger partial charge in [-0.05, 0) is 13.0 Å². The van der Waals surface area contributed by atoms with Gasteiger partial charge in [-0.25, -0.2) is 4.98 Å². The fraction of sp³-hybridized carbons (Fsp3) is 0.357.